The zero-order chi connectivity index (χ0) is 18.1. The molecule has 0 aliphatic heterocycles. The van der Waals surface area contributed by atoms with Crippen LogP contribution < -0.4 is 5.32 Å². The van der Waals surface area contributed by atoms with Crippen LogP contribution in [0.3, 0.4) is 0 Å². The molecule has 1 nitrogen and oxygen atoms in total. The van der Waals surface area contributed by atoms with Crippen molar-refractivity contribution in [2.24, 2.45) is 0 Å². The van der Waals surface area contributed by atoms with Crippen molar-refractivity contribution in [1.82, 2.24) is 0 Å². The minimum Gasteiger partial charge on any atom is -0.356 e. The lowest BCUT2D eigenvalue weighted by Gasteiger charge is -2.15. The molecule has 1 heteroatoms. The lowest BCUT2D eigenvalue weighted by Crippen LogP contribution is -1.96. The van der Waals surface area contributed by atoms with Gasteiger partial charge in [0.1, 0.15) is 0 Å². The molecular weight excluding hydrogens is 302 g/mol. The molecule has 0 aromatic heterocycles. The van der Waals surface area contributed by atoms with Gasteiger partial charge >= 0.3 is 0 Å². The topological polar surface area (TPSA) is 12.0 Å². The molecule has 0 amide bonds. The highest BCUT2D eigenvalue weighted by Crippen LogP contribution is 2.31. The van der Waals surface area contributed by atoms with E-state index in [1.807, 2.05) is 37.3 Å². The maximum absolute atomic E-state index is 3.97. The van der Waals surface area contributed by atoms with Crippen LogP contribution in [0, 0.1) is 0 Å². The predicted octanol–water partition coefficient (Wildman–Crippen LogP) is 7.17. The van der Waals surface area contributed by atoms with Gasteiger partial charge in [-0.15, -0.1) is 0 Å². The zero-order valence-corrected chi connectivity index (χ0v) is 15.0. The molecule has 2 aromatic carbocycles. The van der Waals surface area contributed by atoms with Crippen LogP contribution in [0.25, 0.3) is 11.1 Å². The molecule has 0 bridgehead atoms. The Kier molecular flexibility index (Phi) is 6.79. The molecule has 0 saturated carbocycles. The number of hydrogen-bond donors (Lipinski definition) is 1. The monoisotopic (exact) mass is 327 g/mol. The van der Waals surface area contributed by atoms with E-state index < -0.39 is 0 Å². The first-order chi connectivity index (χ1) is 12.2. The molecule has 2 aromatic rings. The lowest BCUT2D eigenvalue weighted by molar-refractivity contribution is 1.49. The van der Waals surface area contributed by atoms with Crippen LogP contribution in [0.5, 0.6) is 0 Å². The average molecular weight is 327 g/mol. The zero-order valence-electron chi connectivity index (χ0n) is 15.0. The minimum absolute atomic E-state index is 1.04. The molecule has 0 spiro atoms. The third-order valence-corrected chi connectivity index (χ3v) is 3.88. The van der Waals surface area contributed by atoms with Crippen molar-refractivity contribution in [3.05, 3.63) is 109 Å². The van der Waals surface area contributed by atoms with Gasteiger partial charge < -0.3 is 5.32 Å². The predicted molar refractivity (Wildman–Crippen MR) is 113 cm³/mol. The maximum atomic E-state index is 3.97. The second kappa shape index (κ2) is 9.29. The van der Waals surface area contributed by atoms with Gasteiger partial charge in [0.25, 0.3) is 0 Å². The summed E-state index contributed by atoms with van der Waals surface area (Å²) in [6.45, 7) is 11.9. The van der Waals surface area contributed by atoms with E-state index in [-0.39, 0.29) is 0 Å². The van der Waals surface area contributed by atoms with Gasteiger partial charge in [0, 0.05) is 11.4 Å². The molecule has 0 unspecified atom stereocenters. The van der Waals surface area contributed by atoms with Crippen molar-refractivity contribution in [1.29, 1.82) is 0 Å². The van der Waals surface area contributed by atoms with Gasteiger partial charge in [-0.25, -0.2) is 0 Å². The van der Waals surface area contributed by atoms with Gasteiger partial charge in [-0.05, 0) is 60.4 Å². The van der Waals surface area contributed by atoms with Crippen LogP contribution in [0.4, 0.5) is 11.4 Å². The van der Waals surface area contributed by atoms with Crippen molar-refractivity contribution >= 4 is 22.5 Å². The van der Waals surface area contributed by atoms with Crippen molar-refractivity contribution in [3.8, 4) is 0 Å². The Morgan fingerprint density at radius 3 is 2.24 bits per heavy atom. The summed E-state index contributed by atoms with van der Waals surface area (Å²) in [5.41, 5.74) is 6.63. The molecule has 0 aliphatic rings. The largest absolute Gasteiger partial charge is 0.356 e. The second-order valence-electron chi connectivity index (χ2n) is 5.56. The molecule has 0 radical (unpaired) electrons. The molecule has 0 heterocycles. The fraction of sp³-hybridized carbons (Fsp3) is 0.0833. The molecular formula is C24H25N. The van der Waals surface area contributed by atoms with Crippen LogP contribution in [0.2, 0.25) is 0 Å². The molecule has 0 aliphatic carbocycles. The van der Waals surface area contributed by atoms with Crippen LogP contribution >= 0.6 is 0 Å². The van der Waals surface area contributed by atoms with E-state index in [1.54, 1.807) is 6.08 Å². The Bertz CT molecular complexity index is 820. The minimum atomic E-state index is 1.04. The van der Waals surface area contributed by atoms with Gasteiger partial charge in [-0.1, -0.05) is 73.9 Å². The highest BCUT2D eigenvalue weighted by atomic mass is 14.9. The fourth-order valence-corrected chi connectivity index (χ4v) is 2.72. The summed E-state index contributed by atoms with van der Waals surface area (Å²) in [5.74, 6) is 0. The lowest BCUT2D eigenvalue weighted by atomic mass is 9.93. The van der Waals surface area contributed by atoms with Gasteiger partial charge in [0.05, 0.1) is 0 Å². The Labute approximate surface area is 151 Å². The first-order valence-corrected chi connectivity index (χ1v) is 8.44. The first kappa shape index (κ1) is 18.3. The number of nitrogens with one attached hydrogen (secondary N) is 1. The fourth-order valence-electron chi connectivity index (χ4n) is 2.72. The van der Waals surface area contributed by atoms with Gasteiger partial charge in [-0.2, -0.15) is 0 Å². The van der Waals surface area contributed by atoms with Crippen molar-refractivity contribution < 1.29 is 0 Å². The summed E-state index contributed by atoms with van der Waals surface area (Å²) in [5, 5.41) is 3.46. The van der Waals surface area contributed by atoms with E-state index in [2.05, 4.69) is 74.0 Å². The van der Waals surface area contributed by atoms with E-state index in [1.165, 1.54) is 11.1 Å². The number of rotatable bonds is 7. The van der Waals surface area contributed by atoms with Crippen LogP contribution in [-0.2, 0) is 0 Å². The summed E-state index contributed by atoms with van der Waals surface area (Å²) >= 11 is 0. The molecule has 2 rings (SSSR count). The molecule has 0 saturated heterocycles. The Morgan fingerprint density at radius 2 is 1.64 bits per heavy atom. The Morgan fingerprint density at radius 1 is 0.880 bits per heavy atom. The second-order valence-corrected chi connectivity index (χ2v) is 5.56. The van der Waals surface area contributed by atoms with Crippen molar-refractivity contribution in [3.63, 3.8) is 0 Å². The van der Waals surface area contributed by atoms with Crippen molar-refractivity contribution in [2.75, 3.05) is 5.32 Å². The molecule has 1 N–H and O–H groups in total. The van der Waals surface area contributed by atoms with E-state index >= 15 is 0 Å². The summed E-state index contributed by atoms with van der Waals surface area (Å²) < 4.78 is 0. The van der Waals surface area contributed by atoms with E-state index in [0.717, 1.165) is 22.5 Å². The number of hydrogen-bond acceptors (Lipinski definition) is 1. The SMILES string of the molecule is C=C/C=C(\C=C)c1cc(Nc2ccccc2)ccc1C(/C=C\C)=C/C. The Balaban J connectivity index is 2.56. The van der Waals surface area contributed by atoms with E-state index in [4.69, 9.17) is 0 Å². The first-order valence-electron chi connectivity index (χ1n) is 8.44. The average Bonchev–Trinajstić information content (AvgIpc) is 2.65. The van der Waals surface area contributed by atoms with Gasteiger partial charge in [-0.3, -0.25) is 0 Å². The van der Waals surface area contributed by atoms with Crippen LogP contribution in [0.15, 0.2) is 98.1 Å². The number of benzene rings is 2. The van der Waals surface area contributed by atoms with Gasteiger partial charge in [0.15, 0.2) is 0 Å². The number of allylic oxidation sites excluding steroid dienone is 8. The number of anilines is 2. The van der Waals surface area contributed by atoms with E-state index in [9.17, 15) is 0 Å². The van der Waals surface area contributed by atoms with Crippen molar-refractivity contribution in [2.45, 2.75) is 13.8 Å². The maximum Gasteiger partial charge on any atom is 0.0390 e. The third-order valence-electron chi connectivity index (χ3n) is 3.88. The summed E-state index contributed by atoms with van der Waals surface area (Å²) in [7, 11) is 0. The molecule has 0 fully saturated rings. The van der Waals surface area contributed by atoms with Crippen LogP contribution in [-0.4, -0.2) is 0 Å². The smallest absolute Gasteiger partial charge is 0.0390 e. The highest BCUT2D eigenvalue weighted by Gasteiger charge is 2.09. The molecule has 126 valence electrons. The summed E-state index contributed by atoms with van der Waals surface area (Å²) in [6, 6.07) is 16.6. The van der Waals surface area contributed by atoms with Crippen LogP contribution in [0.1, 0.15) is 25.0 Å². The number of para-hydroxylation sites is 1. The third kappa shape index (κ3) is 4.71. The molecule has 0 atom stereocenters. The van der Waals surface area contributed by atoms with Gasteiger partial charge in [0.2, 0.25) is 0 Å². The standard InChI is InChI=1S/C24H25N/c1-5-12-19(7-3)23-17-16-22(25-21-14-10-9-11-15-21)18-24(23)20(8-4)13-6-2/h5-18,25H,2,4H2,1,3H3/b12-5-,19-7+,20-13+. The summed E-state index contributed by atoms with van der Waals surface area (Å²) in [4.78, 5) is 0. The molecule has 25 heavy (non-hydrogen) atoms. The quantitative estimate of drug-likeness (QED) is 0.532. The Hall–Kier alpha value is -3.06. The van der Waals surface area contributed by atoms with E-state index in [0.29, 0.717) is 0 Å². The summed E-state index contributed by atoms with van der Waals surface area (Å²) in [6.07, 6.45) is 12.0. The normalized spacial score (nSPS) is 12.2. The highest BCUT2D eigenvalue weighted by molar-refractivity contribution is 5.88.